The van der Waals surface area contributed by atoms with Crippen LogP contribution in [0.4, 0.5) is 10.1 Å². The molecule has 0 spiro atoms. The number of carbonyl (C=O) groups excluding carboxylic acids is 1. The van der Waals surface area contributed by atoms with Crippen LogP contribution in [-0.2, 0) is 4.79 Å². The maximum atomic E-state index is 12.7. The first-order valence-electron chi connectivity index (χ1n) is 4.10. The summed E-state index contributed by atoms with van der Waals surface area (Å²) in [5, 5.41) is 3.99. The van der Waals surface area contributed by atoms with Crippen LogP contribution in [-0.4, -0.2) is 18.6 Å². The van der Waals surface area contributed by atoms with Crippen molar-refractivity contribution in [3.8, 4) is 5.75 Å². The number of amides is 1. The van der Waals surface area contributed by atoms with Gasteiger partial charge in [0.2, 0.25) is 0 Å². The summed E-state index contributed by atoms with van der Waals surface area (Å²) in [6, 6.07) is 3.94. The topological polar surface area (TPSA) is 66.4 Å². The number of benzene rings is 1. The van der Waals surface area contributed by atoms with Gasteiger partial charge in [-0.1, -0.05) is 0 Å². The van der Waals surface area contributed by atoms with Gasteiger partial charge in [-0.15, -0.1) is 0 Å². The molecule has 1 unspecified atom stereocenters. The fraction of sp³-hybridized carbons (Fsp3) is 0.222. The Balaban J connectivity index is 2.27. The van der Waals surface area contributed by atoms with Crippen LogP contribution in [0.1, 0.15) is 0 Å². The number of fused-ring (bicyclic) bond motifs is 1. The molecule has 14 heavy (non-hydrogen) atoms. The number of hydrogen-bond donors (Lipinski definition) is 1. The molecule has 73 valence electrons. The molecule has 0 saturated heterocycles. The van der Waals surface area contributed by atoms with Crippen LogP contribution < -0.4 is 15.8 Å². The number of primary amides is 1. The van der Waals surface area contributed by atoms with Crippen LogP contribution in [0.5, 0.6) is 5.75 Å². The van der Waals surface area contributed by atoms with Crippen molar-refractivity contribution >= 4 is 11.6 Å². The summed E-state index contributed by atoms with van der Waals surface area (Å²) in [5.41, 5.74) is 5.48. The predicted octanol–water partition coefficient (Wildman–Crippen LogP) is 0.308. The van der Waals surface area contributed by atoms with Gasteiger partial charge in [-0.2, -0.15) is 0 Å². The second-order valence-electron chi connectivity index (χ2n) is 2.96. The Morgan fingerprint density at radius 1 is 1.64 bits per heavy atom. The first-order valence-corrected chi connectivity index (χ1v) is 4.10. The molecule has 1 heterocycles. The molecule has 2 rings (SSSR count). The van der Waals surface area contributed by atoms with Gasteiger partial charge in [0.25, 0.3) is 5.91 Å². The molecule has 0 bridgehead atoms. The highest BCUT2D eigenvalue weighted by Crippen LogP contribution is 2.29. The summed E-state index contributed by atoms with van der Waals surface area (Å²) in [7, 11) is 0. The second-order valence-corrected chi connectivity index (χ2v) is 2.96. The van der Waals surface area contributed by atoms with Gasteiger partial charge in [-0.25, -0.2) is 4.39 Å². The highest BCUT2D eigenvalue weighted by Gasteiger charge is 2.24. The number of carbonyl (C=O) groups is 1. The molecule has 1 amide bonds. The Morgan fingerprint density at radius 2 is 2.43 bits per heavy atom. The number of nitrogens with two attached hydrogens (primary N) is 1. The average Bonchev–Trinajstić information content (AvgIpc) is 2.16. The third-order valence-corrected chi connectivity index (χ3v) is 1.94. The first kappa shape index (κ1) is 8.80. The summed E-state index contributed by atoms with van der Waals surface area (Å²) in [4.78, 5) is 10.8. The first-order chi connectivity index (χ1) is 6.66. The van der Waals surface area contributed by atoms with Crippen LogP contribution in [0, 0.1) is 5.82 Å². The molecule has 1 aromatic carbocycles. The highest BCUT2D eigenvalue weighted by atomic mass is 19.1. The number of ether oxygens (including phenoxy) is 1. The lowest BCUT2D eigenvalue weighted by Crippen LogP contribution is -2.41. The molecule has 1 atom stereocenters. The van der Waals surface area contributed by atoms with Crippen molar-refractivity contribution in [1.29, 1.82) is 0 Å². The normalized spacial score (nSPS) is 19.1. The van der Waals surface area contributed by atoms with Crippen molar-refractivity contribution in [2.24, 2.45) is 5.73 Å². The molecule has 0 aromatic heterocycles. The maximum Gasteiger partial charge on any atom is 0.260 e. The van der Waals surface area contributed by atoms with E-state index < -0.39 is 12.0 Å². The van der Waals surface area contributed by atoms with Gasteiger partial charge in [-0.3, -0.25) is 10.1 Å². The van der Waals surface area contributed by atoms with E-state index in [0.29, 0.717) is 11.4 Å². The lowest BCUT2D eigenvalue weighted by atomic mass is 10.2. The van der Waals surface area contributed by atoms with E-state index in [0.717, 1.165) is 0 Å². The lowest BCUT2D eigenvalue weighted by molar-refractivity contribution is -0.124. The predicted molar refractivity (Wildman–Crippen MR) is 46.7 cm³/mol. The van der Waals surface area contributed by atoms with E-state index in [1.807, 2.05) is 0 Å². The third-order valence-electron chi connectivity index (χ3n) is 1.94. The molecule has 0 fully saturated rings. The minimum Gasteiger partial charge on any atom is -0.476 e. The Bertz CT molecular complexity index is 381. The van der Waals surface area contributed by atoms with Gasteiger partial charge in [0.1, 0.15) is 17.3 Å². The minimum absolute atomic E-state index is 0.145. The zero-order valence-electron chi connectivity index (χ0n) is 7.24. The molecule has 4 nitrogen and oxygen atoms in total. The molecule has 1 radical (unpaired) electrons. The summed E-state index contributed by atoms with van der Waals surface area (Å²) in [6.07, 6.45) is -0.743. The smallest absolute Gasteiger partial charge is 0.260 e. The van der Waals surface area contributed by atoms with Crippen molar-refractivity contribution in [1.82, 2.24) is 5.32 Å². The molecule has 1 aliphatic heterocycles. The molecular formula is C9H8FN2O2. The van der Waals surface area contributed by atoms with E-state index in [1.54, 1.807) is 0 Å². The van der Waals surface area contributed by atoms with Gasteiger partial charge >= 0.3 is 0 Å². The summed E-state index contributed by atoms with van der Waals surface area (Å²) in [5.74, 6) is -0.557. The average molecular weight is 195 g/mol. The molecule has 2 N–H and O–H groups in total. The Labute approximate surface area is 79.9 Å². The lowest BCUT2D eigenvalue weighted by Gasteiger charge is -2.23. The third kappa shape index (κ3) is 1.48. The van der Waals surface area contributed by atoms with Crippen LogP contribution in [0.3, 0.4) is 0 Å². The molecule has 1 aromatic rings. The monoisotopic (exact) mass is 195 g/mol. The Kier molecular flexibility index (Phi) is 1.99. The summed E-state index contributed by atoms with van der Waals surface area (Å²) < 4.78 is 18.0. The maximum absolute atomic E-state index is 12.7. The van der Waals surface area contributed by atoms with E-state index in [-0.39, 0.29) is 12.4 Å². The Hall–Kier alpha value is -1.78. The highest BCUT2D eigenvalue weighted by molar-refractivity contribution is 5.80. The largest absolute Gasteiger partial charge is 0.476 e. The zero-order valence-corrected chi connectivity index (χ0v) is 7.24. The standard InChI is InChI=1S/C9H8FN2O2/c10-5-1-2-7-6(3-5)12-4-8(14-7)9(11)13/h1-3,8H,4H2,(H2,11,13). The van der Waals surface area contributed by atoms with E-state index >= 15 is 0 Å². The van der Waals surface area contributed by atoms with Gasteiger partial charge in [0, 0.05) is 6.07 Å². The van der Waals surface area contributed by atoms with E-state index in [4.69, 9.17) is 10.5 Å². The summed E-state index contributed by atoms with van der Waals surface area (Å²) >= 11 is 0. The minimum atomic E-state index is -0.743. The van der Waals surface area contributed by atoms with Gasteiger partial charge in [0.15, 0.2) is 6.10 Å². The van der Waals surface area contributed by atoms with Crippen molar-refractivity contribution in [2.75, 3.05) is 6.54 Å². The van der Waals surface area contributed by atoms with Crippen molar-refractivity contribution in [2.45, 2.75) is 6.10 Å². The number of nitrogens with zero attached hydrogens (tertiary/aromatic N) is 1. The fourth-order valence-corrected chi connectivity index (χ4v) is 1.23. The van der Waals surface area contributed by atoms with Gasteiger partial charge in [0.05, 0.1) is 6.54 Å². The van der Waals surface area contributed by atoms with Crippen molar-refractivity contribution < 1.29 is 13.9 Å². The van der Waals surface area contributed by atoms with Crippen LogP contribution in [0.2, 0.25) is 0 Å². The number of hydrogen-bond acceptors (Lipinski definition) is 2. The van der Waals surface area contributed by atoms with E-state index in [9.17, 15) is 9.18 Å². The number of rotatable bonds is 1. The molecule has 0 aliphatic carbocycles. The molecule has 1 aliphatic rings. The molecular weight excluding hydrogens is 187 g/mol. The second kappa shape index (κ2) is 3.17. The number of halogens is 1. The SMILES string of the molecule is NC(=O)C1C[N]c2cc(F)ccc2O1. The van der Waals surface area contributed by atoms with E-state index in [2.05, 4.69) is 5.32 Å². The Morgan fingerprint density at radius 3 is 3.14 bits per heavy atom. The quantitative estimate of drug-likeness (QED) is 0.700. The van der Waals surface area contributed by atoms with Crippen LogP contribution in [0.25, 0.3) is 0 Å². The van der Waals surface area contributed by atoms with Crippen LogP contribution >= 0.6 is 0 Å². The van der Waals surface area contributed by atoms with E-state index in [1.165, 1.54) is 18.2 Å². The van der Waals surface area contributed by atoms with Crippen molar-refractivity contribution in [3.05, 3.63) is 24.0 Å². The van der Waals surface area contributed by atoms with Crippen molar-refractivity contribution in [3.63, 3.8) is 0 Å². The molecule has 5 heteroatoms. The van der Waals surface area contributed by atoms with Gasteiger partial charge < -0.3 is 10.5 Å². The van der Waals surface area contributed by atoms with Gasteiger partial charge in [-0.05, 0) is 12.1 Å². The molecule has 0 saturated carbocycles. The van der Waals surface area contributed by atoms with Crippen LogP contribution in [0.15, 0.2) is 18.2 Å². The zero-order chi connectivity index (χ0) is 10.1. The summed E-state index contributed by atoms with van der Waals surface area (Å²) in [6.45, 7) is 0.145. The fourth-order valence-electron chi connectivity index (χ4n) is 1.23.